The maximum Gasteiger partial charge on any atom is 0.433 e. The van der Waals surface area contributed by atoms with Crippen LogP contribution in [-0.4, -0.2) is 36.1 Å². The fraction of sp³-hybridized carbons (Fsp3) is 0.684. The highest BCUT2D eigenvalue weighted by Gasteiger charge is 2.44. The van der Waals surface area contributed by atoms with Gasteiger partial charge in [-0.15, -0.1) is 0 Å². The van der Waals surface area contributed by atoms with Crippen molar-refractivity contribution < 1.29 is 18.0 Å². The van der Waals surface area contributed by atoms with Gasteiger partial charge >= 0.3 is 6.18 Å². The van der Waals surface area contributed by atoms with Crippen LogP contribution in [0.5, 0.6) is 0 Å². The molecule has 2 aliphatic rings. The van der Waals surface area contributed by atoms with Crippen LogP contribution >= 0.6 is 0 Å². The monoisotopic (exact) mass is 384 g/mol. The number of alkyl halides is 3. The lowest BCUT2D eigenvalue weighted by Gasteiger charge is -2.29. The Bertz CT molecular complexity index is 701. The third-order valence-electron chi connectivity index (χ3n) is 5.75. The molecule has 1 aromatic heterocycles. The van der Waals surface area contributed by atoms with Gasteiger partial charge in [0, 0.05) is 25.0 Å². The molecule has 0 radical (unpaired) electrons. The molecule has 3 rings (SSSR count). The molecule has 3 N–H and O–H groups in total. The molecule has 1 amide bonds. The van der Waals surface area contributed by atoms with Crippen molar-refractivity contribution in [1.82, 2.24) is 10.3 Å². The number of aromatic nitrogens is 1. The number of nitrogens with zero attached hydrogens (tertiary/aromatic N) is 2. The van der Waals surface area contributed by atoms with Crippen LogP contribution in [0.25, 0.3) is 0 Å². The van der Waals surface area contributed by atoms with E-state index in [1.165, 1.54) is 6.07 Å². The molecule has 150 valence electrons. The quantitative estimate of drug-likeness (QED) is 0.841. The van der Waals surface area contributed by atoms with E-state index in [9.17, 15) is 18.0 Å². The highest BCUT2D eigenvalue weighted by molar-refractivity contribution is 5.82. The Labute approximate surface area is 157 Å². The van der Waals surface area contributed by atoms with Gasteiger partial charge in [-0.1, -0.05) is 26.8 Å². The first-order chi connectivity index (χ1) is 12.5. The number of anilines is 1. The van der Waals surface area contributed by atoms with Gasteiger partial charge in [0.25, 0.3) is 0 Å². The topological polar surface area (TPSA) is 71.2 Å². The molecule has 4 atom stereocenters. The number of hydrogen-bond donors (Lipinski definition) is 2. The van der Waals surface area contributed by atoms with Crippen LogP contribution in [0, 0.1) is 17.3 Å². The Kier molecular flexibility index (Phi) is 5.14. The molecule has 8 heteroatoms. The molecule has 0 unspecified atom stereocenters. The standard InChI is InChI=1S/C19H27F3N4O/c1-18(2,3)16(23)17(27)24-13-8-7-11-9-26(10-12(11)13)15-6-4-5-14(25-15)19(20,21)22/h4-6,11-13,16H,7-10,23H2,1-3H3,(H,24,27)/t11-,12+,13+,16-/m1/s1. The highest BCUT2D eigenvalue weighted by atomic mass is 19.4. The normalized spacial score (nSPS) is 26.8. The van der Waals surface area contributed by atoms with Gasteiger partial charge in [-0.25, -0.2) is 4.98 Å². The molecular formula is C19H27F3N4O. The molecule has 1 aliphatic carbocycles. The third kappa shape index (κ3) is 4.20. The molecule has 1 saturated heterocycles. The Hall–Kier alpha value is -1.83. The number of nitrogens with one attached hydrogen (secondary N) is 1. The van der Waals surface area contributed by atoms with E-state index >= 15 is 0 Å². The minimum Gasteiger partial charge on any atom is -0.356 e. The predicted molar refractivity (Wildman–Crippen MR) is 97.0 cm³/mol. The summed E-state index contributed by atoms with van der Waals surface area (Å²) >= 11 is 0. The Morgan fingerprint density at radius 2 is 1.96 bits per heavy atom. The summed E-state index contributed by atoms with van der Waals surface area (Å²) in [5, 5.41) is 3.07. The van der Waals surface area contributed by atoms with Crippen LogP contribution in [0.3, 0.4) is 0 Å². The number of nitrogens with two attached hydrogens (primary N) is 1. The Morgan fingerprint density at radius 3 is 2.59 bits per heavy atom. The zero-order valence-electron chi connectivity index (χ0n) is 15.9. The fourth-order valence-electron chi connectivity index (χ4n) is 4.05. The van der Waals surface area contributed by atoms with Crippen molar-refractivity contribution in [3.8, 4) is 0 Å². The Morgan fingerprint density at radius 1 is 1.26 bits per heavy atom. The minimum atomic E-state index is -4.45. The maximum atomic E-state index is 12.9. The first-order valence-corrected chi connectivity index (χ1v) is 9.32. The number of rotatable bonds is 3. The summed E-state index contributed by atoms with van der Waals surface area (Å²) < 4.78 is 38.8. The summed E-state index contributed by atoms with van der Waals surface area (Å²) in [7, 11) is 0. The van der Waals surface area contributed by atoms with Crippen molar-refractivity contribution in [2.75, 3.05) is 18.0 Å². The fourth-order valence-corrected chi connectivity index (χ4v) is 4.05. The summed E-state index contributed by atoms with van der Waals surface area (Å²) in [6, 6.07) is 3.39. The Balaban J connectivity index is 1.67. The molecule has 1 aromatic rings. The number of hydrogen-bond acceptors (Lipinski definition) is 4. The van der Waals surface area contributed by atoms with Crippen LogP contribution in [0.1, 0.15) is 39.3 Å². The van der Waals surface area contributed by atoms with Crippen LogP contribution < -0.4 is 16.0 Å². The van der Waals surface area contributed by atoms with Crippen LogP contribution in [0.4, 0.5) is 19.0 Å². The lowest BCUT2D eigenvalue weighted by atomic mass is 9.86. The van der Waals surface area contributed by atoms with Gasteiger partial charge in [0.1, 0.15) is 11.5 Å². The SMILES string of the molecule is CC(C)(C)[C@H](N)C(=O)N[C@H]1CC[C@@H]2CN(c3cccc(C(F)(F)F)n3)C[C@@H]21. The van der Waals surface area contributed by atoms with Gasteiger partial charge in [-0.3, -0.25) is 4.79 Å². The molecule has 1 saturated carbocycles. The highest BCUT2D eigenvalue weighted by Crippen LogP contribution is 2.40. The molecule has 1 aliphatic heterocycles. The summed E-state index contributed by atoms with van der Waals surface area (Å²) in [5.74, 6) is 0.731. The second-order valence-corrected chi connectivity index (χ2v) is 8.74. The van der Waals surface area contributed by atoms with Crippen LogP contribution in [0.15, 0.2) is 18.2 Å². The number of fused-ring (bicyclic) bond motifs is 1. The average molecular weight is 384 g/mol. The van der Waals surface area contributed by atoms with Crippen molar-refractivity contribution in [3.63, 3.8) is 0 Å². The van der Waals surface area contributed by atoms with Crippen molar-refractivity contribution in [3.05, 3.63) is 23.9 Å². The summed E-state index contributed by atoms with van der Waals surface area (Å²) in [4.78, 5) is 18.1. The molecule has 2 fully saturated rings. The molecule has 2 heterocycles. The number of carbonyl (C=O) groups is 1. The molecule has 0 bridgehead atoms. The summed E-state index contributed by atoms with van der Waals surface area (Å²) in [6.45, 7) is 7.02. The average Bonchev–Trinajstić information content (AvgIpc) is 3.14. The van der Waals surface area contributed by atoms with E-state index in [2.05, 4.69) is 10.3 Å². The number of pyridine rings is 1. The van der Waals surface area contributed by atoms with Crippen LogP contribution in [0.2, 0.25) is 0 Å². The van der Waals surface area contributed by atoms with E-state index in [0.29, 0.717) is 24.8 Å². The van der Waals surface area contributed by atoms with Gasteiger partial charge in [-0.05, 0) is 36.3 Å². The smallest absolute Gasteiger partial charge is 0.356 e. The van der Waals surface area contributed by atoms with E-state index in [-0.39, 0.29) is 23.3 Å². The second kappa shape index (κ2) is 6.96. The van der Waals surface area contributed by atoms with Crippen molar-refractivity contribution in [1.29, 1.82) is 0 Å². The zero-order chi connectivity index (χ0) is 20.0. The molecule has 0 spiro atoms. The van der Waals surface area contributed by atoms with E-state index < -0.39 is 17.9 Å². The number of carbonyl (C=O) groups excluding carboxylic acids is 1. The lowest BCUT2D eigenvalue weighted by molar-refractivity contribution is -0.141. The van der Waals surface area contributed by atoms with Gasteiger partial charge in [0.2, 0.25) is 5.91 Å². The van der Waals surface area contributed by atoms with Gasteiger partial charge in [0.15, 0.2) is 0 Å². The number of halogens is 3. The number of amides is 1. The van der Waals surface area contributed by atoms with E-state index in [0.717, 1.165) is 18.9 Å². The first kappa shape index (κ1) is 19.9. The predicted octanol–water partition coefficient (Wildman–Crippen LogP) is 2.80. The lowest BCUT2D eigenvalue weighted by Crippen LogP contribution is -2.52. The third-order valence-corrected chi connectivity index (χ3v) is 5.75. The molecule has 5 nitrogen and oxygen atoms in total. The summed E-state index contributed by atoms with van der Waals surface area (Å²) in [5.41, 5.74) is 4.84. The molecular weight excluding hydrogens is 357 g/mol. The first-order valence-electron chi connectivity index (χ1n) is 9.32. The van der Waals surface area contributed by atoms with Crippen molar-refractivity contribution in [2.45, 2.75) is 51.9 Å². The largest absolute Gasteiger partial charge is 0.433 e. The van der Waals surface area contributed by atoms with E-state index in [1.54, 1.807) is 6.07 Å². The van der Waals surface area contributed by atoms with Crippen molar-refractivity contribution in [2.24, 2.45) is 23.0 Å². The minimum absolute atomic E-state index is 0.00620. The van der Waals surface area contributed by atoms with Gasteiger partial charge in [-0.2, -0.15) is 13.2 Å². The zero-order valence-corrected chi connectivity index (χ0v) is 15.9. The van der Waals surface area contributed by atoms with Gasteiger partial charge in [0.05, 0.1) is 6.04 Å². The molecule has 27 heavy (non-hydrogen) atoms. The van der Waals surface area contributed by atoms with Gasteiger partial charge < -0.3 is 16.0 Å². The van der Waals surface area contributed by atoms with E-state index in [4.69, 9.17) is 5.73 Å². The molecule has 0 aromatic carbocycles. The van der Waals surface area contributed by atoms with Crippen LogP contribution in [-0.2, 0) is 11.0 Å². The van der Waals surface area contributed by atoms with E-state index in [1.807, 2.05) is 25.7 Å². The summed E-state index contributed by atoms with van der Waals surface area (Å²) in [6.07, 6.45) is -2.64. The van der Waals surface area contributed by atoms with Crippen molar-refractivity contribution >= 4 is 11.7 Å². The second-order valence-electron chi connectivity index (χ2n) is 8.74. The maximum absolute atomic E-state index is 12.9.